The molecule has 112 valence electrons. The van der Waals surface area contributed by atoms with Gasteiger partial charge in [-0.15, -0.1) is 0 Å². The second-order valence-corrected chi connectivity index (χ2v) is 6.12. The Morgan fingerprint density at radius 3 is 2.81 bits per heavy atom. The van der Waals surface area contributed by atoms with Gasteiger partial charge in [0.05, 0.1) is 5.71 Å². The van der Waals surface area contributed by atoms with Crippen LogP contribution in [0.5, 0.6) is 0 Å². The Morgan fingerprint density at radius 1 is 1.43 bits per heavy atom. The van der Waals surface area contributed by atoms with Crippen LogP contribution in [0.1, 0.15) is 32.3 Å². The Hall–Kier alpha value is -1.88. The Balaban J connectivity index is 1.57. The van der Waals surface area contributed by atoms with E-state index in [0.29, 0.717) is 0 Å². The molecule has 1 N–H and O–H groups in total. The summed E-state index contributed by atoms with van der Waals surface area (Å²) in [5, 5.41) is 6.88. The topological polar surface area (TPSA) is 53.9 Å². The van der Waals surface area contributed by atoms with Crippen LogP contribution in [0.25, 0.3) is 0 Å². The largest absolute Gasteiger partial charge is 0.387 e. The van der Waals surface area contributed by atoms with Gasteiger partial charge < -0.3 is 10.2 Å². The second-order valence-electron chi connectivity index (χ2n) is 6.12. The standard InChI is InChI=1S/C16H21N3O2/c1-12-9-16(21-18-12)7-8-19(11-16)10-14-3-5-15(6-4-14)17-13(2)20/h3-6H,7-11H2,1-2H3,(H,17,20). The smallest absolute Gasteiger partial charge is 0.221 e. The number of hydrogen-bond donors (Lipinski definition) is 1. The number of nitrogens with one attached hydrogen (secondary N) is 1. The van der Waals surface area contributed by atoms with E-state index >= 15 is 0 Å². The maximum Gasteiger partial charge on any atom is 0.221 e. The predicted molar refractivity (Wildman–Crippen MR) is 82.2 cm³/mol. The lowest BCUT2D eigenvalue weighted by Gasteiger charge is -2.21. The molecule has 1 amide bonds. The average Bonchev–Trinajstić information content (AvgIpc) is 2.98. The van der Waals surface area contributed by atoms with E-state index in [1.165, 1.54) is 12.5 Å². The zero-order chi connectivity index (χ0) is 14.9. The van der Waals surface area contributed by atoms with E-state index < -0.39 is 0 Å². The summed E-state index contributed by atoms with van der Waals surface area (Å²) < 4.78 is 0. The van der Waals surface area contributed by atoms with Crippen molar-refractivity contribution in [3.05, 3.63) is 29.8 Å². The molecule has 0 aliphatic carbocycles. The van der Waals surface area contributed by atoms with Crippen molar-refractivity contribution in [2.45, 2.75) is 38.8 Å². The summed E-state index contributed by atoms with van der Waals surface area (Å²) in [5.74, 6) is -0.0435. The number of nitrogens with zero attached hydrogens (tertiary/aromatic N) is 2. The number of likely N-dealkylation sites (tertiary alicyclic amines) is 1. The fourth-order valence-electron chi connectivity index (χ4n) is 3.14. The van der Waals surface area contributed by atoms with Crippen molar-refractivity contribution in [2.75, 3.05) is 18.4 Å². The second kappa shape index (κ2) is 5.48. The van der Waals surface area contributed by atoms with Crippen molar-refractivity contribution < 1.29 is 9.63 Å². The molecule has 3 rings (SSSR count). The van der Waals surface area contributed by atoms with Crippen LogP contribution in [0.2, 0.25) is 0 Å². The molecule has 5 heteroatoms. The Bertz CT molecular complexity index is 567. The molecular formula is C16H21N3O2. The molecule has 1 aromatic rings. The molecule has 0 radical (unpaired) electrons. The van der Waals surface area contributed by atoms with Gasteiger partial charge in [-0.25, -0.2) is 0 Å². The molecule has 0 bridgehead atoms. The first-order chi connectivity index (χ1) is 10.0. The van der Waals surface area contributed by atoms with Gasteiger partial charge in [0.15, 0.2) is 5.60 Å². The number of carbonyl (C=O) groups excluding carboxylic acids is 1. The molecule has 2 heterocycles. The highest BCUT2D eigenvalue weighted by Crippen LogP contribution is 2.34. The minimum atomic E-state index is -0.0831. The van der Waals surface area contributed by atoms with Crippen molar-refractivity contribution in [3.8, 4) is 0 Å². The maximum atomic E-state index is 11.0. The summed E-state index contributed by atoms with van der Waals surface area (Å²) in [6, 6.07) is 8.02. The third-order valence-electron chi connectivity index (χ3n) is 4.05. The SMILES string of the molecule is CC(=O)Nc1ccc(CN2CCC3(CC(C)=NO3)C2)cc1. The highest BCUT2D eigenvalue weighted by molar-refractivity contribution is 5.88. The van der Waals surface area contributed by atoms with Crippen molar-refractivity contribution in [2.24, 2.45) is 5.16 Å². The van der Waals surface area contributed by atoms with E-state index in [2.05, 4.69) is 27.5 Å². The van der Waals surface area contributed by atoms with Gasteiger partial charge in [-0.1, -0.05) is 17.3 Å². The van der Waals surface area contributed by atoms with E-state index in [9.17, 15) is 4.79 Å². The normalized spacial score (nSPS) is 25.0. The first-order valence-electron chi connectivity index (χ1n) is 7.35. The molecule has 2 aliphatic heterocycles. The molecule has 1 fully saturated rings. The summed E-state index contributed by atoms with van der Waals surface area (Å²) >= 11 is 0. The molecule has 1 aromatic carbocycles. The molecule has 1 atom stereocenters. The van der Waals surface area contributed by atoms with Gasteiger partial charge in [0.1, 0.15) is 0 Å². The van der Waals surface area contributed by atoms with E-state index in [1.807, 2.05) is 19.1 Å². The molecule has 1 spiro atoms. The number of rotatable bonds is 3. The molecule has 2 aliphatic rings. The first-order valence-corrected chi connectivity index (χ1v) is 7.35. The van der Waals surface area contributed by atoms with Crippen LogP contribution < -0.4 is 5.32 Å². The van der Waals surface area contributed by atoms with Crippen molar-refractivity contribution >= 4 is 17.3 Å². The van der Waals surface area contributed by atoms with Crippen LogP contribution in [0.3, 0.4) is 0 Å². The van der Waals surface area contributed by atoms with E-state index in [1.54, 1.807) is 0 Å². The Morgan fingerprint density at radius 2 is 2.19 bits per heavy atom. The monoisotopic (exact) mass is 287 g/mol. The summed E-state index contributed by atoms with van der Waals surface area (Å²) in [6.07, 6.45) is 1.99. The van der Waals surface area contributed by atoms with E-state index in [4.69, 9.17) is 4.84 Å². The summed E-state index contributed by atoms with van der Waals surface area (Å²) in [5.41, 5.74) is 3.10. The zero-order valence-electron chi connectivity index (χ0n) is 12.6. The van der Waals surface area contributed by atoms with Crippen LogP contribution in [0, 0.1) is 0 Å². The van der Waals surface area contributed by atoms with Crippen LogP contribution in [-0.4, -0.2) is 35.2 Å². The molecule has 0 aromatic heterocycles. The van der Waals surface area contributed by atoms with Crippen LogP contribution in [0.15, 0.2) is 29.4 Å². The number of anilines is 1. The fourth-order valence-corrected chi connectivity index (χ4v) is 3.14. The first kappa shape index (κ1) is 14.1. The van der Waals surface area contributed by atoms with E-state index in [-0.39, 0.29) is 11.5 Å². The van der Waals surface area contributed by atoms with Gasteiger partial charge in [-0.2, -0.15) is 0 Å². The van der Waals surface area contributed by atoms with Crippen LogP contribution in [-0.2, 0) is 16.2 Å². The lowest BCUT2D eigenvalue weighted by Crippen LogP contribution is -2.33. The predicted octanol–water partition coefficient (Wildman–Crippen LogP) is 2.39. The molecule has 1 unspecified atom stereocenters. The van der Waals surface area contributed by atoms with Crippen molar-refractivity contribution in [1.29, 1.82) is 0 Å². The molecular weight excluding hydrogens is 266 g/mol. The summed E-state index contributed by atoms with van der Waals surface area (Å²) in [4.78, 5) is 19.1. The molecule has 0 saturated carbocycles. The number of oxime groups is 1. The van der Waals surface area contributed by atoms with Crippen LogP contribution >= 0.6 is 0 Å². The van der Waals surface area contributed by atoms with Crippen LogP contribution in [0.4, 0.5) is 5.69 Å². The number of amides is 1. The molecule has 1 saturated heterocycles. The Labute approximate surface area is 125 Å². The molecule has 5 nitrogen and oxygen atoms in total. The van der Waals surface area contributed by atoms with Gasteiger partial charge in [0.2, 0.25) is 5.91 Å². The van der Waals surface area contributed by atoms with Crippen molar-refractivity contribution in [3.63, 3.8) is 0 Å². The number of hydrogen-bond acceptors (Lipinski definition) is 4. The van der Waals surface area contributed by atoms with Gasteiger partial charge in [-0.3, -0.25) is 9.69 Å². The summed E-state index contributed by atoms with van der Waals surface area (Å²) in [7, 11) is 0. The van der Waals surface area contributed by atoms with E-state index in [0.717, 1.165) is 43.9 Å². The third-order valence-corrected chi connectivity index (χ3v) is 4.05. The maximum absolute atomic E-state index is 11.0. The van der Waals surface area contributed by atoms with Gasteiger partial charge >= 0.3 is 0 Å². The average molecular weight is 287 g/mol. The highest BCUT2D eigenvalue weighted by atomic mass is 16.7. The molecule has 21 heavy (non-hydrogen) atoms. The summed E-state index contributed by atoms with van der Waals surface area (Å²) in [6.45, 7) is 6.42. The zero-order valence-corrected chi connectivity index (χ0v) is 12.6. The Kier molecular flexibility index (Phi) is 3.68. The van der Waals surface area contributed by atoms with Gasteiger partial charge in [0, 0.05) is 45.1 Å². The highest BCUT2D eigenvalue weighted by Gasteiger charge is 2.43. The lowest BCUT2D eigenvalue weighted by atomic mass is 9.97. The minimum absolute atomic E-state index is 0.0435. The minimum Gasteiger partial charge on any atom is -0.387 e. The number of carbonyl (C=O) groups is 1. The quantitative estimate of drug-likeness (QED) is 0.928. The van der Waals surface area contributed by atoms with Gasteiger partial charge in [-0.05, 0) is 24.6 Å². The lowest BCUT2D eigenvalue weighted by molar-refractivity contribution is -0.114. The fraction of sp³-hybridized carbons (Fsp3) is 0.500. The van der Waals surface area contributed by atoms with Crippen molar-refractivity contribution in [1.82, 2.24) is 4.90 Å². The third kappa shape index (κ3) is 3.24. The number of benzene rings is 1. The van der Waals surface area contributed by atoms with Gasteiger partial charge in [0.25, 0.3) is 0 Å².